The number of halogens is 1. The predicted molar refractivity (Wildman–Crippen MR) is 104 cm³/mol. The average molecular weight is 419 g/mol. The summed E-state index contributed by atoms with van der Waals surface area (Å²) >= 11 is 0. The molecule has 3 rings (SSSR count). The van der Waals surface area contributed by atoms with Crippen LogP contribution < -0.4 is 10.6 Å². The first-order valence-corrected chi connectivity index (χ1v) is 10.2. The van der Waals surface area contributed by atoms with Crippen molar-refractivity contribution in [2.45, 2.75) is 63.6 Å². The number of ether oxygens (including phenoxy) is 1. The molecule has 8 nitrogen and oxygen atoms in total. The lowest BCUT2D eigenvalue weighted by molar-refractivity contribution is -0.155. The first kappa shape index (κ1) is 21.7. The van der Waals surface area contributed by atoms with Crippen molar-refractivity contribution in [2.24, 2.45) is 0 Å². The molecule has 162 valence electrons. The first-order valence-electron chi connectivity index (χ1n) is 10.2. The van der Waals surface area contributed by atoms with Crippen LogP contribution in [0.25, 0.3) is 0 Å². The Morgan fingerprint density at radius 1 is 1.23 bits per heavy atom. The summed E-state index contributed by atoms with van der Waals surface area (Å²) in [6.45, 7) is 1.78. The number of rotatable bonds is 8. The Balaban J connectivity index is 1.37. The average Bonchev–Trinajstić information content (AvgIpc) is 3.27. The first-order chi connectivity index (χ1) is 14.3. The second kappa shape index (κ2) is 9.23. The van der Waals surface area contributed by atoms with Crippen molar-refractivity contribution in [2.75, 3.05) is 6.54 Å². The Morgan fingerprint density at radius 2 is 1.90 bits per heavy atom. The molecule has 30 heavy (non-hydrogen) atoms. The van der Waals surface area contributed by atoms with Gasteiger partial charge in [-0.2, -0.15) is 0 Å². The highest BCUT2D eigenvalue weighted by atomic mass is 19.1. The number of nitrogens with zero attached hydrogens (tertiary/aromatic N) is 1. The summed E-state index contributed by atoms with van der Waals surface area (Å²) in [5.41, 5.74) is -0.0359. The van der Waals surface area contributed by atoms with Crippen LogP contribution in [0.15, 0.2) is 24.3 Å². The van der Waals surface area contributed by atoms with Crippen LogP contribution in [0.5, 0.6) is 0 Å². The Labute approximate surface area is 174 Å². The van der Waals surface area contributed by atoms with Crippen LogP contribution in [-0.2, 0) is 25.7 Å². The fourth-order valence-electron chi connectivity index (χ4n) is 3.82. The highest BCUT2D eigenvalue weighted by Crippen LogP contribution is 2.35. The molecule has 2 aliphatic rings. The maximum Gasteiger partial charge on any atom is 0.325 e. The highest BCUT2D eigenvalue weighted by Gasteiger charge is 2.52. The van der Waals surface area contributed by atoms with Crippen molar-refractivity contribution >= 4 is 23.8 Å². The van der Waals surface area contributed by atoms with Gasteiger partial charge < -0.3 is 15.4 Å². The number of imide groups is 1. The van der Waals surface area contributed by atoms with Crippen molar-refractivity contribution in [1.82, 2.24) is 15.5 Å². The van der Waals surface area contributed by atoms with E-state index in [4.69, 9.17) is 4.74 Å². The van der Waals surface area contributed by atoms with Gasteiger partial charge in [-0.05, 0) is 43.9 Å². The van der Waals surface area contributed by atoms with Gasteiger partial charge in [0.25, 0.3) is 11.8 Å². The van der Waals surface area contributed by atoms with Crippen molar-refractivity contribution in [1.29, 1.82) is 0 Å². The fourth-order valence-corrected chi connectivity index (χ4v) is 3.82. The summed E-state index contributed by atoms with van der Waals surface area (Å²) in [6, 6.07) is 5.29. The lowest BCUT2D eigenvalue weighted by Gasteiger charge is -2.20. The van der Waals surface area contributed by atoms with Gasteiger partial charge in [-0.25, -0.2) is 9.18 Å². The van der Waals surface area contributed by atoms with Gasteiger partial charge in [-0.15, -0.1) is 0 Å². The van der Waals surface area contributed by atoms with E-state index < -0.39 is 29.6 Å². The molecule has 1 saturated heterocycles. The van der Waals surface area contributed by atoms with E-state index in [-0.39, 0.29) is 37.7 Å². The maximum atomic E-state index is 12.9. The third kappa shape index (κ3) is 4.95. The van der Waals surface area contributed by atoms with Gasteiger partial charge in [0.2, 0.25) is 0 Å². The number of hydrogen-bond acceptors (Lipinski definition) is 5. The van der Waals surface area contributed by atoms with Crippen LogP contribution >= 0.6 is 0 Å². The number of benzene rings is 1. The van der Waals surface area contributed by atoms with Crippen LogP contribution in [0.4, 0.5) is 9.18 Å². The second-order valence-corrected chi connectivity index (χ2v) is 7.76. The Bertz CT molecular complexity index is 820. The second-order valence-electron chi connectivity index (χ2n) is 7.76. The maximum absolute atomic E-state index is 12.9. The molecule has 0 aromatic heterocycles. The molecule has 2 N–H and O–H groups in total. The van der Waals surface area contributed by atoms with E-state index in [9.17, 15) is 23.6 Å². The standard InChI is InChI=1S/C21H26FN3O5/c1-14(18(27)23-13-15-6-8-16(22)9-7-15)30-17(26)5-4-12-25-19(28)21(24-20(25)29)10-2-3-11-21/h6-9,14H,2-5,10-13H2,1H3,(H,23,27)(H,24,29)/t14-/m1/s1. The van der Waals surface area contributed by atoms with Crippen LogP contribution in [-0.4, -0.2) is 46.9 Å². The molecule has 1 atom stereocenters. The van der Waals surface area contributed by atoms with Crippen LogP contribution in [0.1, 0.15) is 51.0 Å². The minimum atomic E-state index is -0.989. The summed E-state index contributed by atoms with van der Waals surface area (Å²) in [4.78, 5) is 49.9. The SMILES string of the molecule is C[C@@H](OC(=O)CCCN1C(=O)NC2(CCCC2)C1=O)C(=O)NCc1ccc(F)cc1. The predicted octanol–water partition coefficient (Wildman–Crippen LogP) is 2.02. The molecular formula is C21H26FN3O5. The minimum Gasteiger partial charge on any atom is -0.453 e. The van der Waals surface area contributed by atoms with Gasteiger partial charge in [0.15, 0.2) is 6.10 Å². The van der Waals surface area contributed by atoms with E-state index in [1.165, 1.54) is 19.1 Å². The zero-order chi connectivity index (χ0) is 21.7. The fraction of sp³-hybridized carbons (Fsp3) is 0.524. The molecule has 0 bridgehead atoms. The lowest BCUT2D eigenvalue weighted by Crippen LogP contribution is -2.44. The lowest BCUT2D eigenvalue weighted by atomic mass is 9.98. The monoisotopic (exact) mass is 419 g/mol. The zero-order valence-corrected chi connectivity index (χ0v) is 16.9. The summed E-state index contributed by atoms with van der Waals surface area (Å²) < 4.78 is 18.0. The molecule has 1 aliphatic heterocycles. The quantitative estimate of drug-likeness (QED) is 0.496. The Hall–Kier alpha value is -2.97. The topological polar surface area (TPSA) is 105 Å². The number of carbonyl (C=O) groups excluding carboxylic acids is 4. The number of carbonyl (C=O) groups is 4. The van der Waals surface area contributed by atoms with Gasteiger partial charge in [0.1, 0.15) is 11.4 Å². The number of esters is 1. The van der Waals surface area contributed by atoms with Crippen LogP contribution in [0.3, 0.4) is 0 Å². The van der Waals surface area contributed by atoms with Crippen LogP contribution in [0, 0.1) is 5.82 Å². The molecule has 1 spiro atoms. The normalized spacial score (nSPS) is 18.4. The van der Waals surface area contributed by atoms with Crippen molar-refractivity contribution in [3.63, 3.8) is 0 Å². The molecule has 1 aromatic carbocycles. The van der Waals surface area contributed by atoms with E-state index in [2.05, 4.69) is 10.6 Å². The number of hydrogen-bond donors (Lipinski definition) is 2. The van der Waals surface area contributed by atoms with Crippen LogP contribution in [0.2, 0.25) is 0 Å². The molecule has 1 aliphatic carbocycles. The minimum absolute atomic E-state index is 0.0142. The molecule has 2 fully saturated rings. The van der Waals surface area contributed by atoms with E-state index in [0.29, 0.717) is 12.8 Å². The molecule has 4 amide bonds. The molecular weight excluding hydrogens is 393 g/mol. The van der Waals surface area contributed by atoms with Gasteiger partial charge in [-0.1, -0.05) is 25.0 Å². The van der Waals surface area contributed by atoms with Gasteiger partial charge in [-0.3, -0.25) is 19.3 Å². The van der Waals surface area contributed by atoms with Gasteiger partial charge in [0, 0.05) is 19.5 Å². The summed E-state index contributed by atoms with van der Waals surface area (Å²) in [6.07, 6.45) is 2.39. The Kier molecular flexibility index (Phi) is 6.69. The van der Waals surface area contributed by atoms with E-state index >= 15 is 0 Å². The molecule has 9 heteroatoms. The summed E-state index contributed by atoms with van der Waals surface area (Å²) in [7, 11) is 0. The highest BCUT2D eigenvalue weighted by molar-refractivity contribution is 6.07. The summed E-state index contributed by atoms with van der Waals surface area (Å²) in [5.74, 6) is -1.63. The summed E-state index contributed by atoms with van der Waals surface area (Å²) in [5, 5.41) is 5.41. The smallest absolute Gasteiger partial charge is 0.325 e. The molecule has 1 aromatic rings. The molecule has 0 radical (unpaired) electrons. The third-order valence-corrected chi connectivity index (χ3v) is 5.52. The molecule has 0 unspecified atom stereocenters. The van der Waals surface area contributed by atoms with E-state index in [0.717, 1.165) is 23.3 Å². The van der Waals surface area contributed by atoms with Crippen molar-refractivity contribution in [3.8, 4) is 0 Å². The number of urea groups is 1. The van der Waals surface area contributed by atoms with E-state index in [1.807, 2.05) is 0 Å². The molecule has 1 saturated carbocycles. The third-order valence-electron chi connectivity index (χ3n) is 5.52. The Morgan fingerprint density at radius 3 is 2.57 bits per heavy atom. The van der Waals surface area contributed by atoms with Gasteiger partial charge in [0.05, 0.1) is 0 Å². The van der Waals surface area contributed by atoms with Gasteiger partial charge >= 0.3 is 12.0 Å². The number of amides is 4. The molecule has 1 heterocycles. The zero-order valence-electron chi connectivity index (χ0n) is 16.9. The van der Waals surface area contributed by atoms with Crippen molar-refractivity contribution < 1.29 is 28.3 Å². The largest absolute Gasteiger partial charge is 0.453 e. The van der Waals surface area contributed by atoms with Crippen molar-refractivity contribution in [3.05, 3.63) is 35.6 Å². The van der Waals surface area contributed by atoms with E-state index in [1.54, 1.807) is 12.1 Å². The number of nitrogens with one attached hydrogen (secondary N) is 2.